The van der Waals surface area contributed by atoms with E-state index in [0.717, 1.165) is 6.07 Å². The second-order valence-corrected chi connectivity index (χ2v) is 3.59. The first-order valence-corrected chi connectivity index (χ1v) is 4.51. The van der Waals surface area contributed by atoms with Gasteiger partial charge in [0.1, 0.15) is 11.6 Å². The maximum Gasteiger partial charge on any atom is 0.131 e. The van der Waals surface area contributed by atoms with Crippen LogP contribution in [0.4, 0.5) is 8.78 Å². The van der Waals surface area contributed by atoms with Crippen molar-refractivity contribution in [2.75, 3.05) is 0 Å². The molecular formula is C10H11F2NO. The average Bonchev–Trinajstić information content (AvgIpc) is 2.10. The molecule has 0 heterocycles. The molecule has 0 saturated heterocycles. The third-order valence-electron chi connectivity index (χ3n) is 2.64. The Hall–Kier alpha value is -1.00. The largest absolute Gasteiger partial charge is 0.391 e. The predicted octanol–water partition coefficient (Wildman–Crippen LogP) is 1.27. The van der Waals surface area contributed by atoms with Crippen LogP contribution in [0.3, 0.4) is 0 Å². The van der Waals surface area contributed by atoms with Crippen molar-refractivity contribution >= 4 is 0 Å². The molecule has 0 spiro atoms. The predicted molar refractivity (Wildman–Crippen MR) is 47.6 cm³/mol. The molecule has 0 aliphatic heterocycles. The summed E-state index contributed by atoms with van der Waals surface area (Å²) in [7, 11) is 0. The van der Waals surface area contributed by atoms with E-state index < -0.39 is 23.8 Å². The van der Waals surface area contributed by atoms with Crippen LogP contribution in [0, 0.1) is 11.6 Å². The standard InChI is InChI=1S/C10H11F2NO/c11-6-3-5-1-2-8(14)10(13)9(5)7(12)4-6/h3-4,8,10,14H,1-2,13H2/t8-,10+/m1/s1. The summed E-state index contributed by atoms with van der Waals surface area (Å²) >= 11 is 0. The molecular weight excluding hydrogens is 188 g/mol. The molecule has 0 amide bonds. The molecule has 1 aromatic carbocycles. The van der Waals surface area contributed by atoms with E-state index in [1.54, 1.807) is 0 Å². The molecule has 76 valence electrons. The zero-order valence-corrected chi connectivity index (χ0v) is 7.50. The first-order valence-electron chi connectivity index (χ1n) is 4.51. The lowest BCUT2D eigenvalue weighted by Gasteiger charge is -2.27. The van der Waals surface area contributed by atoms with Crippen molar-refractivity contribution in [1.29, 1.82) is 0 Å². The third kappa shape index (κ3) is 1.40. The highest BCUT2D eigenvalue weighted by molar-refractivity contribution is 5.35. The van der Waals surface area contributed by atoms with Crippen LogP contribution in [0.2, 0.25) is 0 Å². The minimum atomic E-state index is -0.737. The van der Waals surface area contributed by atoms with Crippen LogP contribution in [-0.2, 0) is 6.42 Å². The first-order chi connectivity index (χ1) is 6.59. The van der Waals surface area contributed by atoms with Gasteiger partial charge >= 0.3 is 0 Å². The molecule has 0 aromatic heterocycles. The topological polar surface area (TPSA) is 46.2 Å². The molecule has 14 heavy (non-hydrogen) atoms. The van der Waals surface area contributed by atoms with Crippen molar-refractivity contribution in [2.45, 2.75) is 25.0 Å². The van der Waals surface area contributed by atoms with Gasteiger partial charge < -0.3 is 10.8 Å². The van der Waals surface area contributed by atoms with Crippen LogP contribution >= 0.6 is 0 Å². The highest BCUT2D eigenvalue weighted by atomic mass is 19.1. The van der Waals surface area contributed by atoms with Crippen LogP contribution in [0.1, 0.15) is 23.6 Å². The van der Waals surface area contributed by atoms with Gasteiger partial charge in [-0.15, -0.1) is 0 Å². The van der Waals surface area contributed by atoms with E-state index in [1.165, 1.54) is 6.07 Å². The summed E-state index contributed by atoms with van der Waals surface area (Å²) in [5.41, 5.74) is 6.45. The van der Waals surface area contributed by atoms with E-state index in [0.29, 0.717) is 18.4 Å². The minimum Gasteiger partial charge on any atom is -0.391 e. The summed E-state index contributed by atoms with van der Waals surface area (Å²) in [5.74, 6) is -1.25. The van der Waals surface area contributed by atoms with Gasteiger partial charge in [0.15, 0.2) is 0 Å². The smallest absolute Gasteiger partial charge is 0.131 e. The molecule has 2 rings (SSSR count). The number of aryl methyl sites for hydroxylation is 1. The van der Waals surface area contributed by atoms with Crippen LogP contribution in [0.25, 0.3) is 0 Å². The van der Waals surface area contributed by atoms with E-state index in [9.17, 15) is 13.9 Å². The number of aliphatic hydroxyl groups excluding tert-OH is 1. The van der Waals surface area contributed by atoms with Gasteiger partial charge in [-0.05, 0) is 24.5 Å². The molecule has 1 aliphatic rings. The van der Waals surface area contributed by atoms with Crippen LogP contribution in [0.15, 0.2) is 12.1 Å². The second kappa shape index (κ2) is 3.29. The molecule has 1 aliphatic carbocycles. The zero-order valence-electron chi connectivity index (χ0n) is 7.50. The summed E-state index contributed by atoms with van der Waals surface area (Å²) in [5, 5.41) is 9.43. The van der Waals surface area contributed by atoms with Crippen LogP contribution in [-0.4, -0.2) is 11.2 Å². The molecule has 2 atom stereocenters. The SMILES string of the molecule is N[C@@H]1c2c(F)cc(F)cc2CC[C@H]1O. The number of aliphatic hydroxyl groups is 1. The quantitative estimate of drug-likeness (QED) is 0.661. The molecule has 0 unspecified atom stereocenters. The number of halogens is 2. The molecule has 3 N–H and O–H groups in total. The lowest BCUT2D eigenvalue weighted by molar-refractivity contribution is 0.126. The number of fused-ring (bicyclic) bond motifs is 1. The highest BCUT2D eigenvalue weighted by Gasteiger charge is 2.28. The van der Waals surface area contributed by atoms with Gasteiger partial charge in [-0.3, -0.25) is 0 Å². The summed E-state index contributed by atoms with van der Waals surface area (Å²) in [4.78, 5) is 0. The monoisotopic (exact) mass is 199 g/mol. The van der Waals surface area contributed by atoms with E-state index in [1.807, 2.05) is 0 Å². The Labute approximate surface area is 80.4 Å². The first kappa shape index (κ1) is 9.55. The number of benzene rings is 1. The molecule has 0 radical (unpaired) electrons. The summed E-state index contributed by atoms with van der Waals surface area (Å²) in [6, 6.07) is 1.35. The van der Waals surface area contributed by atoms with E-state index in [4.69, 9.17) is 5.73 Å². The van der Waals surface area contributed by atoms with Crippen molar-refractivity contribution in [1.82, 2.24) is 0 Å². The Morgan fingerprint density at radius 2 is 2.07 bits per heavy atom. The maximum atomic E-state index is 13.3. The fourth-order valence-corrected chi connectivity index (χ4v) is 1.89. The average molecular weight is 199 g/mol. The fraction of sp³-hybridized carbons (Fsp3) is 0.400. The van der Waals surface area contributed by atoms with Crippen molar-refractivity contribution in [3.05, 3.63) is 34.9 Å². The van der Waals surface area contributed by atoms with E-state index in [-0.39, 0.29) is 5.56 Å². The molecule has 0 saturated carbocycles. The molecule has 4 heteroatoms. The van der Waals surface area contributed by atoms with Gasteiger partial charge in [0.05, 0.1) is 12.1 Å². The Balaban J connectivity index is 2.54. The van der Waals surface area contributed by atoms with Gasteiger partial charge in [0, 0.05) is 11.6 Å². The lowest BCUT2D eigenvalue weighted by Crippen LogP contribution is -2.32. The Morgan fingerprint density at radius 1 is 1.36 bits per heavy atom. The summed E-state index contributed by atoms with van der Waals surface area (Å²) in [6.45, 7) is 0. The van der Waals surface area contributed by atoms with E-state index >= 15 is 0 Å². The van der Waals surface area contributed by atoms with Crippen LogP contribution in [0.5, 0.6) is 0 Å². The number of hydrogen-bond acceptors (Lipinski definition) is 2. The normalized spacial score (nSPS) is 26.0. The van der Waals surface area contributed by atoms with Crippen molar-refractivity contribution in [3.63, 3.8) is 0 Å². The molecule has 0 fully saturated rings. The number of hydrogen-bond donors (Lipinski definition) is 2. The van der Waals surface area contributed by atoms with Crippen molar-refractivity contribution < 1.29 is 13.9 Å². The minimum absolute atomic E-state index is 0.255. The summed E-state index contributed by atoms with van der Waals surface area (Å²) in [6.07, 6.45) is 0.193. The summed E-state index contributed by atoms with van der Waals surface area (Å²) < 4.78 is 26.2. The van der Waals surface area contributed by atoms with Gasteiger partial charge in [0.2, 0.25) is 0 Å². The van der Waals surface area contributed by atoms with Gasteiger partial charge in [0.25, 0.3) is 0 Å². The molecule has 2 nitrogen and oxygen atoms in total. The van der Waals surface area contributed by atoms with Crippen LogP contribution < -0.4 is 5.73 Å². The van der Waals surface area contributed by atoms with Crippen molar-refractivity contribution in [2.24, 2.45) is 5.73 Å². The number of rotatable bonds is 0. The fourth-order valence-electron chi connectivity index (χ4n) is 1.89. The molecule has 1 aromatic rings. The zero-order chi connectivity index (χ0) is 10.3. The second-order valence-electron chi connectivity index (χ2n) is 3.59. The Morgan fingerprint density at radius 3 is 2.79 bits per heavy atom. The molecule has 0 bridgehead atoms. The van der Waals surface area contributed by atoms with Crippen molar-refractivity contribution in [3.8, 4) is 0 Å². The van der Waals surface area contributed by atoms with Gasteiger partial charge in [-0.2, -0.15) is 0 Å². The third-order valence-corrected chi connectivity index (χ3v) is 2.64. The lowest BCUT2D eigenvalue weighted by atomic mass is 9.86. The Bertz CT molecular complexity index is 367. The van der Waals surface area contributed by atoms with E-state index in [2.05, 4.69) is 0 Å². The highest BCUT2D eigenvalue weighted by Crippen LogP contribution is 2.30. The van der Waals surface area contributed by atoms with Gasteiger partial charge in [-0.1, -0.05) is 0 Å². The maximum absolute atomic E-state index is 13.3. The number of nitrogens with two attached hydrogens (primary N) is 1. The van der Waals surface area contributed by atoms with Gasteiger partial charge in [-0.25, -0.2) is 8.78 Å². The Kier molecular flexibility index (Phi) is 2.25.